The first-order chi connectivity index (χ1) is 9.59. The van der Waals surface area contributed by atoms with Crippen LogP contribution in [0.3, 0.4) is 0 Å². The molecule has 0 atom stereocenters. The summed E-state index contributed by atoms with van der Waals surface area (Å²) in [5.74, 6) is 1.74. The minimum Gasteiger partial charge on any atom is -0.497 e. The number of methoxy groups -OCH3 is 1. The van der Waals surface area contributed by atoms with Crippen LogP contribution < -0.4 is 9.47 Å². The van der Waals surface area contributed by atoms with Crippen LogP contribution in [0, 0.1) is 0 Å². The summed E-state index contributed by atoms with van der Waals surface area (Å²) in [4.78, 5) is 0. The summed E-state index contributed by atoms with van der Waals surface area (Å²) in [6.07, 6.45) is 2.17. The maximum absolute atomic E-state index is 6.04. The van der Waals surface area contributed by atoms with Crippen LogP contribution in [0.4, 0.5) is 0 Å². The normalized spacial score (nSPS) is 15.8. The van der Waals surface area contributed by atoms with Gasteiger partial charge in [0, 0.05) is 5.56 Å². The van der Waals surface area contributed by atoms with Crippen molar-refractivity contribution >= 4 is 5.57 Å². The Labute approximate surface area is 119 Å². The third kappa shape index (κ3) is 2.29. The molecule has 102 valence electrons. The van der Waals surface area contributed by atoms with E-state index in [2.05, 4.69) is 44.2 Å². The van der Waals surface area contributed by atoms with E-state index < -0.39 is 0 Å². The number of fused-ring (bicyclic) bond motifs is 1. The molecule has 0 amide bonds. The van der Waals surface area contributed by atoms with Crippen LogP contribution in [-0.4, -0.2) is 12.7 Å². The Bertz CT molecular complexity index is 654. The summed E-state index contributed by atoms with van der Waals surface area (Å²) in [7, 11) is 1.68. The van der Waals surface area contributed by atoms with Crippen LogP contribution in [0.15, 0.2) is 54.6 Å². The van der Waals surface area contributed by atoms with Gasteiger partial charge in [-0.05, 0) is 49.3 Å². The number of ether oxygens (including phenoxy) is 2. The van der Waals surface area contributed by atoms with Crippen LogP contribution in [0.25, 0.3) is 5.57 Å². The van der Waals surface area contributed by atoms with Gasteiger partial charge >= 0.3 is 0 Å². The average molecular weight is 266 g/mol. The van der Waals surface area contributed by atoms with Gasteiger partial charge in [0.15, 0.2) is 0 Å². The highest BCUT2D eigenvalue weighted by Gasteiger charge is 2.27. The van der Waals surface area contributed by atoms with Crippen LogP contribution in [-0.2, 0) is 0 Å². The summed E-state index contributed by atoms with van der Waals surface area (Å²) >= 11 is 0. The zero-order valence-electron chi connectivity index (χ0n) is 12.0. The molecule has 3 rings (SSSR count). The van der Waals surface area contributed by atoms with Gasteiger partial charge in [0.05, 0.1) is 7.11 Å². The molecule has 2 aromatic rings. The number of hydrogen-bond acceptors (Lipinski definition) is 2. The molecule has 0 N–H and O–H groups in total. The molecule has 0 bridgehead atoms. The molecule has 1 aliphatic heterocycles. The van der Waals surface area contributed by atoms with Crippen molar-refractivity contribution < 1.29 is 9.47 Å². The fourth-order valence-electron chi connectivity index (χ4n) is 2.53. The average Bonchev–Trinajstić information content (AvgIpc) is 2.46. The lowest BCUT2D eigenvalue weighted by Crippen LogP contribution is -2.29. The number of benzene rings is 2. The van der Waals surface area contributed by atoms with E-state index in [4.69, 9.17) is 9.47 Å². The van der Waals surface area contributed by atoms with E-state index in [1.54, 1.807) is 7.11 Å². The second-order valence-corrected chi connectivity index (χ2v) is 5.49. The molecule has 1 heterocycles. The maximum atomic E-state index is 6.04. The van der Waals surface area contributed by atoms with E-state index in [0.717, 1.165) is 17.1 Å². The lowest BCUT2D eigenvalue weighted by Gasteiger charge is -2.31. The van der Waals surface area contributed by atoms with Crippen LogP contribution >= 0.6 is 0 Å². The molecule has 2 heteroatoms. The molecule has 0 fully saturated rings. The minimum absolute atomic E-state index is 0.313. The Balaban J connectivity index is 2.19. The standard InChI is InChI=1S/C18H18O2/c1-18(2)12-16(13-7-5-4-6-8-13)15-11-14(19-3)9-10-17(15)20-18/h4-12H,1-3H3. The van der Waals surface area contributed by atoms with Gasteiger partial charge in [0.1, 0.15) is 17.1 Å². The van der Waals surface area contributed by atoms with Crippen molar-refractivity contribution in [2.45, 2.75) is 19.4 Å². The second-order valence-electron chi connectivity index (χ2n) is 5.49. The monoisotopic (exact) mass is 266 g/mol. The largest absolute Gasteiger partial charge is 0.497 e. The summed E-state index contributed by atoms with van der Waals surface area (Å²) in [5.41, 5.74) is 3.15. The van der Waals surface area contributed by atoms with Crippen molar-refractivity contribution in [2.24, 2.45) is 0 Å². The number of hydrogen-bond donors (Lipinski definition) is 0. The van der Waals surface area contributed by atoms with E-state index in [-0.39, 0.29) is 5.60 Å². The van der Waals surface area contributed by atoms with E-state index >= 15 is 0 Å². The fraction of sp³-hybridized carbons (Fsp3) is 0.222. The van der Waals surface area contributed by atoms with Gasteiger partial charge < -0.3 is 9.47 Å². The highest BCUT2D eigenvalue weighted by atomic mass is 16.5. The molecule has 2 nitrogen and oxygen atoms in total. The molecule has 2 aromatic carbocycles. The van der Waals surface area contributed by atoms with Crippen LogP contribution in [0.2, 0.25) is 0 Å². The molecule has 0 saturated heterocycles. The lowest BCUT2D eigenvalue weighted by molar-refractivity contribution is 0.158. The second kappa shape index (κ2) is 4.71. The topological polar surface area (TPSA) is 18.5 Å². The van der Waals surface area contributed by atoms with Gasteiger partial charge in [-0.25, -0.2) is 0 Å². The molecule has 20 heavy (non-hydrogen) atoms. The molecule has 0 aliphatic carbocycles. The zero-order valence-corrected chi connectivity index (χ0v) is 12.0. The Morgan fingerprint density at radius 2 is 1.75 bits per heavy atom. The van der Waals surface area contributed by atoms with Gasteiger partial charge in [0.2, 0.25) is 0 Å². The van der Waals surface area contributed by atoms with Crippen molar-refractivity contribution in [1.82, 2.24) is 0 Å². The highest BCUT2D eigenvalue weighted by molar-refractivity contribution is 5.85. The Kier molecular flexibility index (Phi) is 3.01. The smallest absolute Gasteiger partial charge is 0.128 e. The van der Waals surface area contributed by atoms with Crippen LogP contribution in [0.5, 0.6) is 11.5 Å². The first-order valence-electron chi connectivity index (χ1n) is 6.75. The van der Waals surface area contributed by atoms with Crippen molar-refractivity contribution in [2.75, 3.05) is 7.11 Å². The highest BCUT2D eigenvalue weighted by Crippen LogP contribution is 2.40. The number of rotatable bonds is 2. The molecule has 0 spiro atoms. The molecule has 0 aromatic heterocycles. The van der Waals surface area contributed by atoms with Crippen molar-refractivity contribution in [3.05, 3.63) is 65.7 Å². The third-order valence-electron chi connectivity index (χ3n) is 3.43. The maximum Gasteiger partial charge on any atom is 0.128 e. The lowest BCUT2D eigenvalue weighted by atomic mass is 9.90. The van der Waals surface area contributed by atoms with Gasteiger partial charge in [-0.2, -0.15) is 0 Å². The van der Waals surface area contributed by atoms with Crippen molar-refractivity contribution in [3.63, 3.8) is 0 Å². The quantitative estimate of drug-likeness (QED) is 0.807. The Morgan fingerprint density at radius 1 is 1.00 bits per heavy atom. The molecule has 0 radical (unpaired) electrons. The predicted molar refractivity (Wildman–Crippen MR) is 81.2 cm³/mol. The SMILES string of the molecule is COc1ccc2c(c1)C(c1ccccc1)=CC(C)(C)O2. The van der Waals surface area contributed by atoms with Crippen molar-refractivity contribution in [1.29, 1.82) is 0 Å². The fourth-order valence-corrected chi connectivity index (χ4v) is 2.53. The summed E-state index contributed by atoms with van der Waals surface area (Å²) < 4.78 is 11.4. The molecular formula is C18H18O2. The van der Waals surface area contributed by atoms with Crippen molar-refractivity contribution in [3.8, 4) is 11.5 Å². The Morgan fingerprint density at radius 3 is 2.45 bits per heavy atom. The van der Waals surface area contributed by atoms with E-state index in [1.165, 1.54) is 11.1 Å². The summed E-state index contributed by atoms with van der Waals surface area (Å²) in [5, 5.41) is 0. The molecule has 0 unspecified atom stereocenters. The molecular weight excluding hydrogens is 248 g/mol. The first kappa shape index (κ1) is 12.8. The third-order valence-corrected chi connectivity index (χ3v) is 3.43. The summed E-state index contributed by atoms with van der Waals surface area (Å²) in [6.45, 7) is 4.15. The minimum atomic E-state index is -0.313. The predicted octanol–water partition coefficient (Wildman–Crippen LogP) is 4.30. The van der Waals surface area contributed by atoms with Crippen LogP contribution in [0.1, 0.15) is 25.0 Å². The first-order valence-corrected chi connectivity index (χ1v) is 6.75. The summed E-state index contributed by atoms with van der Waals surface area (Å²) in [6, 6.07) is 16.3. The van der Waals surface area contributed by atoms with E-state index in [0.29, 0.717) is 0 Å². The van der Waals surface area contributed by atoms with Gasteiger partial charge in [0.25, 0.3) is 0 Å². The van der Waals surface area contributed by atoms with Gasteiger partial charge in [-0.3, -0.25) is 0 Å². The molecule has 1 aliphatic rings. The molecule has 0 saturated carbocycles. The van der Waals surface area contributed by atoms with Gasteiger partial charge in [-0.1, -0.05) is 30.3 Å². The Hall–Kier alpha value is -2.22. The van der Waals surface area contributed by atoms with Gasteiger partial charge in [-0.15, -0.1) is 0 Å². The zero-order chi connectivity index (χ0) is 14.2. The van der Waals surface area contributed by atoms with E-state index in [1.807, 2.05) is 24.3 Å². The van der Waals surface area contributed by atoms with E-state index in [9.17, 15) is 0 Å².